The molecule has 15 heavy (non-hydrogen) atoms. The van der Waals surface area contributed by atoms with Gasteiger partial charge in [0.25, 0.3) is 0 Å². The summed E-state index contributed by atoms with van der Waals surface area (Å²) in [7, 11) is 0. The van der Waals surface area contributed by atoms with Crippen molar-refractivity contribution in [3.63, 3.8) is 0 Å². The van der Waals surface area contributed by atoms with E-state index < -0.39 is 0 Å². The second-order valence-corrected chi connectivity index (χ2v) is 4.26. The monoisotopic (exact) mass is 239 g/mol. The number of hydrogen-bond donors (Lipinski definition) is 0. The van der Waals surface area contributed by atoms with Gasteiger partial charge in [-0.05, 0) is 30.7 Å². The molecule has 0 aliphatic carbocycles. The zero-order valence-corrected chi connectivity index (χ0v) is 9.79. The Bertz CT molecular complexity index is 429. The van der Waals surface area contributed by atoms with E-state index in [4.69, 9.17) is 11.6 Å². The first kappa shape index (κ1) is 10.4. The molecule has 0 saturated heterocycles. The van der Waals surface area contributed by atoms with Crippen LogP contribution in [0.15, 0.2) is 30.3 Å². The number of anilines is 2. The summed E-state index contributed by atoms with van der Waals surface area (Å²) in [6.07, 6.45) is 0. The van der Waals surface area contributed by atoms with Crippen LogP contribution in [0.1, 0.15) is 6.92 Å². The third-order valence-corrected chi connectivity index (χ3v) is 2.80. The maximum absolute atomic E-state index is 5.77. The summed E-state index contributed by atoms with van der Waals surface area (Å²) < 4.78 is 4.66. The molecule has 0 atom stereocenters. The Labute approximate surface area is 97.5 Å². The lowest BCUT2D eigenvalue weighted by molar-refractivity contribution is 0.974. The van der Waals surface area contributed by atoms with Crippen LogP contribution in [0, 0.1) is 0 Å². The van der Waals surface area contributed by atoms with Crippen molar-refractivity contribution in [2.24, 2.45) is 0 Å². The molecule has 1 aromatic heterocycles. The number of benzene rings is 1. The van der Waals surface area contributed by atoms with E-state index in [1.165, 1.54) is 11.5 Å². The van der Waals surface area contributed by atoms with Gasteiger partial charge in [-0.15, -0.1) is 0 Å². The summed E-state index contributed by atoms with van der Waals surface area (Å²) in [6, 6.07) is 10.0. The largest absolute Gasteiger partial charge is 0.310 e. The zero-order valence-electron chi connectivity index (χ0n) is 8.22. The quantitative estimate of drug-likeness (QED) is 0.823. The minimum atomic E-state index is 0.472. The highest BCUT2D eigenvalue weighted by Crippen LogP contribution is 2.24. The van der Waals surface area contributed by atoms with Crippen LogP contribution in [0.2, 0.25) is 4.47 Å². The van der Waals surface area contributed by atoms with Crippen molar-refractivity contribution in [2.45, 2.75) is 6.92 Å². The standard InChI is InChI=1S/C10H10ClN3S/c1-2-14(8-6-4-3-5-7-8)10-12-9(11)15-13-10/h3-7H,2H2,1H3. The molecule has 1 aromatic carbocycles. The minimum absolute atomic E-state index is 0.472. The molecular formula is C10H10ClN3S. The van der Waals surface area contributed by atoms with E-state index in [2.05, 4.69) is 16.3 Å². The molecule has 0 N–H and O–H groups in total. The Balaban J connectivity index is 2.33. The third-order valence-electron chi connectivity index (χ3n) is 2.02. The molecule has 2 rings (SSSR count). The minimum Gasteiger partial charge on any atom is -0.310 e. The molecule has 0 aliphatic heterocycles. The Morgan fingerprint density at radius 1 is 1.33 bits per heavy atom. The van der Waals surface area contributed by atoms with E-state index >= 15 is 0 Å². The Kier molecular flexibility index (Phi) is 3.18. The predicted molar refractivity (Wildman–Crippen MR) is 64.0 cm³/mol. The predicted octanol–water partition coefficient (Wildman–Crippen LogP) is 3.35. The van der Waals surface area contributed by atoms with Crippen molar-refractivity contribution in [3.05, 3.63) is 34.8 Å². The van der Waals surface area contributed by atoms with Crippen LogP contribution < -0.4 is 4.90 Å². The maximum atomic E-state index is 5.77. The van der Waals surface area contributed by atoms with Crippen molar-refractivity contribution in [3.8, 4) is 0 Å². The molecule has 2 aromatic rings. The van der Waals surface area contributed by atoms with Gasteiger partial charge in [0, 0.05) is 23.8 Å². The van der Waals surface area contributed by atoms with Crippen LogP contribution in [0.25, 0.3) is 0 Å². The first-order chi connectivity index (χ1) is 7.31. The highest BCUT2D eigenvalue weighted by Gasteiger charge is 2.11. The van der Waals surface area contributed by atoms with Gasteiger partial charge in [-0.1, -0.05) is 18.2 Å². The molecule has 0 saturated carbocycles. The molecular weight excluding hydrogens is 230 g/mol. The van der Waals surface area contributed by atoms with Crippen molar-refractivity contribution in [1.29, 1.82) is 0 Å². The summed E-state index contributed by atoms with van der Waals surface area (Å²) in [5.41, 5.74) is 1.08. The van der Waals surface area contributed by atoms with E-state index in [0.29, 0.717) is 10.4 Å². The van der Waals surface area contributed by atoms with Crippen LogP contribution in [0.4, 0.5) is 11.6 Å². The number of hydrogen-bond acceptors (Lipinski definition) is 4. The van der Waals surface area contributed by atoms with Gasteiger partial charge in [0.2, 0.25) is 10.4 Å². The summed E-state index contributed by atoms with van der Waals surface area (Å²) in [5, 5.41) is 0. The van der Waals surface area contributed by atoms with Gasteiger partial charge < -0.3 is 4.90 Å². The van der Waals surface area contributed by atoms with Crippen LogP contribution >= 0.6 is 23.1 Å². The lowest BCUT2D eigenvalue weighted by atomic mass is 10.3. The average molecular weight is 240 g/mol. The summed E-state index contributed by atoms with van der Waals surface area (Å²) in [6.45, 7) is 2.87. The van der Waals surface area contributed by atoms with Gasteiger partial charge in [0.1, 0.15) is 0 Å². The topological polar surface area (TPSA) is 29.0 Å². The Morgan fingerprint density at radius 3 is 2.60 bits per heavy atom. The van der Waals surface area contributed by atoms with E-state index in [9.17, 15) is 0 Å². The van der Waals surface area contributed by atoms with Gasteiger partial charge in [-0.2, -0.15) is 9.36 Å². The molecule has 1 heterocycles. The van der Waals surface area contributed by atoms with Gasteiger partial charge in [0.05, 0.1) is 0 Å². The highest BCUT2D eigenvalue weighted by atomic mass is 35.5. The number of halogens is 1. The maximum Gasteiger partial charge on any atom is 0.243 e. The molecule has 0 bridgehead atoms. The number of aromatic nitrogens is 2. The van der Waals surface area contributed by atoms with Crippen molar-refractivity contribution in [2.75, 3.05) is 11.4 Å². The van der Waals surface area contributed by atoms with Crippen LogP contribution in [0.5, 0.6) is 0 Å². The van der Waals surface area contributed by atoms with Crippen LogP contribution in [-0.2, 0) is 0 Å². The molecule has 0 aliphatic rings. The van der Waals surface area contributed by atoms with E-state index in [0.717, 1.165) is 12.2 Å². The first-order valence-corrected chi connectivity index (χ1v) is 5.78. The van der Waals surface area contributed by atoms with Crippen molar-refractivity contribution < 1.29 is 0 Å². The number of rotatable bonds is 3. The molecule has 0 amide bonds. The van der Waals surface area contributed by atoms with E-state index in [1.807, 2.05) is 35.2 Å². The van der Waals surface area contributed by atoms with E-state index in [-0.39, 0.29) is 0 Å². The van der Waals surface area contributed by atoms with Crippen LogP contribution in [0.3, 0.4) is 0 Å². The van der Waals surface area contributed by atoms with Gasteiger partial charge in [-0.25, -0.2) is 0 Å². The van der Waals surface area contributed by atoms with Crippen LogP contribution in [-0.4, -0.2) is 15.9 Å². The molecule has 3 nitrogen and oxygen atoms in total. The first-order valence-electron chi connectivity index (χ1n) is 4.63. The Morgan fingerprint density at radius 2 is 2.07 bits per heavy atom. The zero-order chi connectivity index (χ0) is 10.7. The van der Waals surface area contributed by atoms with Crippen molar-refractivity contribution >= 4 is 34.8 Å². The molecule has 0 radical (unpaired) electrons. The molecule has 0 unspecified atom stereocenters. The third kappa shape index (κ3) is 2.27. The fourth-order valence-electron chi connectivity index (χ4n) is 1.35. The molecule has 5 heteroatoms. The van der Waals surface area contributed by atoms with E-state index in [1.54, 1.807) is 0 Å². The SMILES string of the molecule is CCN(c1ccccc1)c1nsc(Cl)n1. The van der Waals surface area contributed by atoms with Gasteiger partial charge in [-0.3, -0.25) is 0 Å². The summed E-state index contributed by atoms with van der Waals surface area (Å²) >= 11 is 6.97. The highest BCUT2D eigenvalue weighted by molar-refractivity contribution is 7.10. The average Bonchev–Trinajstić information content (AvgIpc) is 2.68. The fourth-order valence-corrected chi connectivity index (χ4v) is 1.95. The fraction of sp³-hybridized carbons (Fsp3) is 0.200. The number of nitrogens with zero attached hydrogens (tertiary/aromatic N) is 3. The smallest absolute Gasteiger partial charge is 0.243 e. The summed E-state index contributed by atoms with van der Waals surface area (Å²) in [4.78, 5) is 6.17. The molecule has 0 fully saturated rings. The molecule has 78 valence electrons. The van der Waals surface area contributed by atoms with Gasteiger partial charge in [0.15, 0.2) is 0 Å². The number of para-hydroxylation sites is 1. The Hall–Kier alpha value is -1.13. The lowest BCUT2D eigenvalue weighted by Gasteiger charge is -2.18. The van der Waals surface area contributed by atoms with Gasteiger partial charge >= 0.3 is 0 Å². The summed E-state index contributed by atoms with van der Waals surface area (Å²) in [5.74, 6) is 0.665. The van der Waals surface area contributed by atoms with Crippen molar-refractivity contribution in [1.82, 2.24) is 9.36 Å². The normalized spacial score (nSPS) is 10.3. The second-order valence-electron chi connectivity index (χ2n) is 2.93. The molecule has 0 spiro atoms. The second kappa shape index (κ2) is 4.59. The lowest BCUT2D eigenvalue weighted by Crippen LogP contribution is -2.17.